The van der Waals surface area contributed by atoms with Crippen molar-refractivity contribution in [2.45, 2.75) is 0 Å². The van der Waals surface area contributed by atoms with Gasteiger partial charge < -0.3 is 0 Å². The summed E-state index contributed by atoms with van der Waals surface area (Å²) in [6.45, 7) is 0. The van der Waals surface area contributed by atoms with Crippen LogP contribution in [0.3, 0.4) is 0 Å². The lowest BCUT2D eigenvalue weighted by Crippen LogP contribution is -2.31. The molecule has 2 heterocycles. The van der Waals surface area contributed by atoms with Crippen LogP contribution >= 0.6 is 0 Å². The maximum atomic E-state index is 10.8. The molecular formula is C7H8N8O2. The van der Waals surface area contributed by atoms with Crippen molar-refractivity contribution in [2.75, 3.05) is 10.9 Å². The third-order valence-electron chi connectivity index (χ3n) is 1.64. The Kier molecular flexibility index (Phi) is 3.07. The lowest BCUT2D eigenvalue weighted by atomic mass is 10.6. The number of hydrogen-bond acceptors (Lipinski definition) is 8. The minimum absolute atomic E-state index is 0.175. The van der Waals surface area contributed by atoms with Crippen molar-refractivity contribution >= 4 is 11.8 Å². The van der Waals surface area contributed by atoms with Crippen LogP contribution in [0.4, 0.5) is 11.8 Å². The van der Waals surface area contributed by atoms with Gasteiger partial charge in [0, 0.05) is 6.20 Å². The van der Waals surface area contributed by atoms with Gasteiger partial charge in [0.25, 0.3) is 0 Å². The number of aromatic nitrogens is 5. The molecule has 0 spiro atoms. The molecule has 0 amide bonds. The average molecular weight is 236 g/mol. The second-order valence-electron chi connectivity index (χ2n) is 2.82. The van der Waals surface area contributed by atoms with Crippen molar-refractivity contribution in [1.82, 2.24) is 30.5 Å². The maximum Gasteiger partial charge on any atom is 0.349 e. The van der Waals surface area contributed by atoms with Crippen molar-refractivity contribution in [3.8, 4) is 0 Å². The number of nitrogens with zero attached hydrogens (tertiary/aromatic N) is 3. The van der Waals surface area contributed by atoms with E-state index < -0.39 is 11.4 Å². The second-order valence-corrected chi connectivity index (χ2v) is 2.82. The van der Waals surface area contributed by atoms with E-state index in [2.05, 4.69) is 41.3 Å². The maximum absolute atomic E-state index is 10.8. The highest BCUT2D eigenvalue weighted by Crippen LogP contribution is 1.92. The van der Waals surface area contributed by atoms with E-state index in [1.807, 2.05) is 0 Å². The first kappa shape index (κ1) is 10.8. The second kappa shape index (κ2) is 4.85. The molecule has 0 aliphatic heterocycles. The molecule has 5 N–H and O–H groups in total. The van der Waals surface area contributed by atoms with Crippen LogP contribution in [-0.4, -0.2) is 24.9 Å². The van der Waals surface area contributed by atoms with Gasteiger partial charge in [-0.1, -0.05) is 0 Å². The molecule has 0 fully saturated rings. The lowest BCUT2D eigenvalue weighted by Gasteiger charge is -2.08. The zero-order chi connectivity index (χ0) is 12.1. The Bertz CT molecular complexity index is 551. The molecule has 10 heteroatoms. The summed E-state index contributed by atoms with van der Waals surface area (Å²) >= 11 is 0. The molecule has 0 saturated carbocycles. The van der Waals surface area contributed by atoms with E-state index >= 15 is 0 Å². The predicted octanol–water partition coefficient (Wildman–Crippen LogP) is -1.81. The summed E-state index contributed by atoms with van der Waals surface area (Å²) < 4.78 is 0. The first-order chi connectivity index (χ1) is 8.24. The molecule has 0 aromatic carbocycles. The van der Waals surface area contributed by atoms with Crippen LogP contribution < -0.4 is 27.8 Å². The molecule has 0 aliphatic carbocycles. The largest absolute Gasteiger partial charge is 0.349 e. The normalized spacial score (nSPS) is 9.88. The van der Waals surface area contributed by atoms with Crippen molar-refractivity contribution < 1.29 is 0 Å². The fraction of sp³-hybridized carbons (Fsp3) is 0. The molecule has 0 radical (unpaired) electrons. The van der Waals surface area contributed by atoms with E-state index in [1.54, 1.807) is 6.07 Å². The highest BCUT2D eigenvalue weighted by atomic mass is 16.1. The summed E-state index contributed by atoms with van der Waals surface area (Å²) in [4.78, 5) is 36.9. The number of H-pyrrole nitrogens is 2. The highest BCUT2D eigenvalue weighted by Gasteiger charge is 1.94. The fourth-order valence-corrected chi connectivity index (χ4v) is 0.968. The van der Waals surface area contributed by atoms with Gasteiger partial charge in [-0.2, -0.15) is 4.98 Å². The van der Waals surface area contributed by atoms with Gasteiger partial charge in [0.15, 0.2) is 0 Å². The number of hydrazine groups is 2. The Morgan fingerprint density at radius 2 is 1.82 bits per heavy atom. The summed E-state index contributed by atoms with van der Waals surface area (Å²) in [6.07, 6.45) is 2.45. The molecule has 17 heavy (non-hydrogen) atoms. The Morgan fingerprint density at radius 3 is 2.59 bits per heavy atom. The van der Waals surface area contributed by atoms with Gasteiger partial charge in [-0.25, -0.2) is 19.6 Å². The molecule has 0 aliphatic rings. The Hall–Kier alpha value is -2.75. The SMILES string of the molecule is O=c1nccc(NNNc2ncnc(=O)[nH]2)[nH]1. The summed E-state index contributed by atoms with van der Waals surface area (Å²) in [6, 6.07) is 1.54. The molecule has 0 saturated heterocycles. The number of rotatable bonds is 4. The number of aromatic amines is 2. The van der Waals surface area contributed by atoms with Crippen molar-refractivity contribution in [2.24, 2.45) is 0 Å². The third kappa shape index (κ3) is 3.10. The summed E-state index contributed by atoms with van der Waals surface area (Å²) in [5, 5.41) is 0. The zero-order valence-corrected chi connectivity index (χ0v) is 8.39. The average Bonchev–Trinajstić information content (AvgIpc) is 2.29. The molecular weight excluding hydrogens is 228 g/mol. The third-order valence-corrected chi connectivity index (χ3v) is 1.64. The van der Waals surface area contributed by atoms with Gasteiger partial charge in [0.05, 0.1) is 0 Å². The fourth-order valence-electron chi connectivity index (χ4n) is 0.968. The Morgan fingerprint density at radius 1 is 1.00 bits per heavy atom. The summed E-state index contributed by atoms with van der Waals surface area (Å²) in [7, 11) is 0. The van der Waals surface area contributed by atoms with Gasteiger partial charge in [0.2, 0.25) is 5.95 Å². The lowest BCUT2D eigenvalue weighted by molar-refractivity contribution is 0.874. The van der Waals surface area contributed by atoms with Crippen LogP contribution in [-0.2, 0) is 0 Å². The molecule has 2 aromatic rings. The van der Waals surface area contributed by atoms with Crippen LogP contribution in [0.2, 0.25) is 0 Å². The van der Waals surface area contributed by atoms with Gasteiger partial charge in [-0.05, 0) is 6.07 Å². The molecule has 2 aromatic heterocycles. The Labute approximate surface area is 93.5 Å². The molecule has 0 unspecified atom stereocenters. The molecule has 0 bridgehead atoms. The predicted molar refractivity (Wildman–Crippen MR) is 57.9 cm³/mol. The standard InChI is InChI=1S/C7H8N8O2/c16-6-8-2-1-4(11-6)13-15-14-5-9-3-10-7(17)12-5/h1-3,15H,(H2,8,11,13,16)(H2,9,10,12,14,17). The van der Waals surface area contributed by atoms with E-state index in [9.17, 15) is 9.59 Å². The van der Waals surface area contributed by atoms with E-state index in [-0.39, 0.29) is 5.95 Å². The van der Waals surface area contributed by atoms with Crippen LogP contribution in [0.5, 0.6) is 0 Å². The number of hydrogen-bond donors (Lipinski definition) is 5. The summed E-state index contributed by atoms with van der Waals surface area (Å²) in [5.74, 6) is 0.572. The van der Waals surface area contributed by atoms with E-state index in [0.29, 0.717) is 5.82 Å². The molecule has 10 nitrogen and oxygen atoms in total. The number of nitrogens with one attached hydrogen (secondary N) is 5. The smallest absolute Gasteiger partial charge is 0.291 e. The minimum Gasteiger partial charge on any atom is -0.291 e. The molecule has 88 valence electrons. The quantitative estimate of drug-likeness (QED) is 0.391. The molecule has 0 atom stereocenters. The summed E-state index contributed by atoms with van der Waals surface area (Å²) in [5.41, 5.74) is 6.67. The van der Waals surface area contributed by atoms with E-state index in [1.165, 1.54) is 6.20 Å². The Balaban J connectivity index is 1.92. The monoisotopic (exact) mass is 236 g/mol. The topological polar surface area (TPSA) is 140 Å². The van der Waals surface area contributed by atoms with Gasteiger partial charge >= 0.3 is 11.4 Å². The minimum atomic E-state index is -0.526. The molecule has 2 rings (SSSR count). The highest BCUT2D eigenvalue weighted by molar-refractivity contribution is 5.31. The zero-order valence-electron chi connectivity index (χ0n) is 8.39. The van der Waals surface area contributed by atoms with Crippen LogP contribution in [0.15, 0.2) is 28.2 Å². The van der Waals surface area contributed by atoms with E-state index in [4.69, 9.17) is 0 Å². The van der Waals surface area contributed by atoms with Gasteiger partial charge in [-0.3, -0.25) is 20.8 Å². The van der Waals surface area contributed by atoms with Gasteiger partial charge in [0.1, 0.15) is 12.1 Å². The van der Waals surface area contributed by atoms with Crippen LogP contribution in [0, 0.1) is 0 Å². The van der Waals surface area contributed by atoms with Crippen LogP contribution in [0.1, 0.15) is 0 Å². The first-order valence-electron chi connectivity index (χ1n) is 4.48. The number of anilines is 2. The van der Waals surface area contributed by atoms with Gasteiger partial charge in [-0.15, -0.1) is 5.53 Å². The van der Waals surface area contributed by atoms with Crippen LogP contribution in [0.25, 0.3) is 0 Å². The first-order valence-corrected chi connectivity index (χ1v) is 4.48. The van der Waals surface area contributed by atoms with E-state index in [0.717, 1.165) is 6.33 Å². The van der Waals surface area contributed by atoms with Crippen molar-refractivity contribution in [3.63, 3.8) is 0 Å². The van der Waals surface area contributed by atoms with Crippen molar-refractivity contribution in [3.05, 3.63) is 39.6 Å². The van der Waals surface area contributed by atoms with Crippen molar-refractivity contribution in [1.29, 1.82) is 0 Å².